The van der Waals surface area contributed by atoms with Crippen LogP contribution in [0, 0.1) is 0 Å². The van der Waals surface area contributed by atoms with Crippen molar-refractivity contribution >= 4 is 14.1 Å². The van der Waals surface area contributed by atoms with E-state index in [2.05, 4.69) is 0 Å². The van der Waals surface area contributed by atoms with E-state index < -0.39 is 5.60 Å². The molecule has 0 unspecified atom stereocenters. The van der Waals surface area contributed by atoms with E-state index in [4.69, 9.17) is 12.7 Å². The minimum absolute atomic E-state index is 0.217. The van der Waals surface area contributed by atoms with Gasteiger partial charge in [0.2, 0.25) is 0 Å². The lowest BCUT2D eigenvalue weighted by Crippen LogP contribution is -2.46. The lowest BCUT2D eigenvalue weighted by Gasteiger charge is -2.36. The van der Waals surface area contributed by atoms with Crippen molar-refractivity contribution in [2.45, 2.75) is 45.3 Å². The summed E-state index contributed by atoms with van der Waals surface area (Å²) in [5.41, 5.74) is -0.418. The zero-order valence-electron chi connectivity index (χ0n) is 10.7. The Morgan fingerprint density at radius 2 is 1.88 bits per heavy atom. The van der Waals surface area contributed by atoms with E-state index in [9.17, 15) is 4.79 Å². The fourth-order valence-electron chi connectivity index (χ4n) is 1.78. The van der Waals surface area contributed by atoms with Crippen molar-refractivity contribution in [1.82, 2.24) is 9.71 Å². The Kier molecular flexibility index (Phi) is 4.24. The van der Waals surface area contributed by atoms with Gasteiger partial charge in [0, 0.05) is 19.1 Å². The molecule has 4 nitrogen and oxygen atoms in total. The average Bonchev–Trinajstić information content (AvgIpc) is 2.15. The highest BCUT2D eigenvalue weighted by Gasteiger charge is 2.27. The van der Waals surface area contributed by atoms with Crippen molar-refractivity contribution in [3.8, 4) is 0 Å². The van der Waals surface area contributed by atoms with Crippen molar-refractivity contribution in [1.29, 1.82) is 0 Å². The zero-order chi connectivity index (χ0) is 12.3. The molecule has 1 aliphatic heterocycles. The second kappa shape index (κ2) is 5.08. The molecule has 2 radical (unpaired) electrons. The number of piperidine rings is 1. The van der Waals surface area contributed by atoms with Crippen molar-refractivity contribution < 1.29 is 9.53 Å². The van der Waals surface area contributed by atoms with Gasteiger partial charge in [-0.3, -0.25) is 0 Å². The van der Waals surface area contributed by atoms with Crippen molar-refractivity contribution in [2.75, 3.05) is 20.1 Å². The van der Waals surface area contributed by atoms with Crippen LogP contribution >= 0.6 is 0 Å². The predicted molar refractivity (Wildman–Crippen MR) is 64.3 cm³/mol. The fraction of sp³-hybridized carbons (Fsp3) is 0.909. The molecule has 0 saturated carbocycles. The maximum atomic E-state index is 11.7. The summed E-state index contributed by atoms with van der Waals surface area (Å²) >= 11 is 0. The Labute approximate surface area is 99.4 Å². The molecule has 5 heteroatoms. The van der Waals surface area contributed by atoms with Crippen LogP contribution in [0.4, 0.5) is 4.79 Å². The number of carbonyl (C=O) groups is 1. The van der Waals surface area contributed by atoms with Crippen LogP contribution in [0.3, 0.4) is 0 Å². The number of rotatable bonds is 1. The van der Waals surface area contributed by atoms with Gasteiger partial charge in [0.05, 0.1) is 0 Å². The largest absolute Gasteiger partial charge is 0.444 e. The van der Waals surface area contributed by atoms with Gasteiger partial charge < -0.3 is 14.4 Å². The van der Waals surface area contributed by atoms with Gasteiger partial charge in [-0.2, -0.15) is 0 Å². The molecule has 0 N–H and O–H groups in total. The SMILES string of the molecule is [B]N(C)C1CCN(C(=O)OC(C)(C)C)CC1. The Balaban J connectivity index is 2.39. The van der Waals surface area contributed by atoms with E-state index in [0.717, 1.165) is 25.9 Å². The number of amides is 1. The second-order valence-electron chi connectivity index (χ2n) is 5.36. The summed E-state index contributed by atoms with van der Waals surface area (Å²) in [4.78, 5) is 15.2. The van der Waals surface area contributed by atoms with Crippen LogP contribution in [0.25, 0.3) is 0 Å². The first-order chi connectivity index (χ1) is 7.29. The van der Waals surface area contributed by atoms with E-state index in [1.165, 1.54) is 0 Å². The molecule has 0 atom stereocenters. The zero-order valence-corrected chi connectivity index (χ0v) is 10.7. The molecule has 0 aromatic rings. The van der Waals surface area contributed by atoms with Crippen molar-refractivity contribution in [3.63, 3.8) is 0 Å². The van der Waals surface area contributed by atoms with Gasteiger partial charge in [-0.15, -0.1) is 0 Å². The molecular weight excluding hydrogens is 203 g/mol. The van der Waals surface area contributed by atoms with E-state index in [1.54, 1.807) is 9.71 Å². The maximum Gasteiger partial charge on any atom is 0.410 e. The van der Waals surface area contributed by atoms with Crippen molar-refractivity contribution in [3.05, 3.63) is 0 Å². The molecule has 0 aliphatic carbocycles. The second-order valence-corrected chi connectivity index (χ2v) is 5.36. The van der Waals surface area contributed by atoms with Gasteiger partial charge in [0.15, 0.2) is 7.98 Å². The smallest absolute Gasteiger partial charge is 0.410 e. The van der Waals surface area contributed by atoms with Crippen LogP contribution in [-0.4, -0.2) is 55.6 Å². The maximum absolute atomic E-state index is 11.7. The summed E-state index contributed by atoms with van der Waals surface area (Å²) in [6.07, 6.45) is 1.60. The Morgan fingerprint density at radius 1 is 1.38 bits per heavy atom. The van der Waals surface area contributed by atoms with E-state index in [-0.39, 0.29) is 6.09 Å². The van der Waals surface area contributed by atoms with Gasteiger partial charge in [0.25, 0.3) is 0 Å². The first-order valence-corrected chi connectivity index (χ1v) is 5.75. The standard InChI is InChI=1S/C11H21BN2O2/c1-11(2,3)16-10(15)14-7-5-9(6-8-14)13(4)12/h9H,5-8H2,1-4H3. The van der Waals surface area contributed by atoms with E-state index in [1.807, 2.05) is 27.8 Å². The monoisotopic (exact) mass is 224 g/mol. The Morgan fingerprint density at radius 3 is 2.25 bits per heavy atom. The van der Waals surface area contributed by atoms with Crippen LogP contribution in [0.2, 0.25) is 0 Å². The Bertz CT molecular complexity index is 243. The molecule has 1 rings (SSSR count). The highest BCUT2D eigenvalue weighted by molar-refractivity contribution is 6.04. The molecule has 1 heterocycles. The quantitative estimate of drug-likeness (QED) is 0.631. The van der Waals surface area contributed by atoms with E-state index >= 15 is 0 Å². The van der Waals surface area contributed by atoms with Gasteiger partial charge in [-0.05, 0) is 40.7 Å². The molecule has 1 amide bonds. The van der Waals surface area contributed by atoms with E-state index in [0.29, 0.717) is 6.04 Å². The lowest BCUT2D eigenvalue weighted by atomic mass is 10.0. The molecule has 1 aliphatic rings. The Hall–Kier alpha value is -0.705. The third kappa shape index (κ3) is 4.04. The van der Waals surface area contributed by atoms with Crippen LogP contribution in [0.1, 0.15) is 33.6 Å². The van der Waals surface area contributed by atoms with Gasteiger partial charge in [-0.25, -0.2) is 4.79 Å². The number of likely N-dealkylation sites (tertiary alicyclic amines) is 1. The normalized spacial score (nSPS) is 18.9. The summed E-state index contributed by atoms with van der Waals surface area (Å²) in [6.45, 7) is 7.09. The number of hydrogen-bond acceptors (Lipinski definition) is 3. The molecule has 0 bridgehead atoms. The third-order valence-corrected chi connectivity index (χ3v) is 2.69. The topological polar surface area (TPSA) is 32.8 Å². The third-order valence-electron chi connectivity index (χ3n) is 2.69. The molecule has 16 heavy (non-hydrogen) atoms. The highest BCUT2D eigenvalue weighted by atomic mass is 16.6. The van der Waals surface area contributed by atoms with Gasteiger partial charge >= 0.3 is 6.09 Å². The summed E-state index contributed by atoms with van der Waals surface area (Å²) in [5, 5.41) is 0. The van der Waals surface area contributed by atoms with Crippen LogP contribution in [-0.2, 0) is 4.74 Å². The molecule has 1 fully saturated rings. The number of ether oxygens (including phenoxy) is 1. The summed E-state index contributed by atoms with van der Waals surface area (Å²) in [6, 6.07) is 0.374. The minimum atomic E-state index is -0.418. The van der Waals surface area contributed by atoms with Crippen LogP contribution in [0.15, 0.2) is 0 Å². The number of hydrogen-bond donors (Lipinski definition) is 0. The average molecular weight is 224 g/mol. The van der Waals surface area contributed by atoms with Gasteiger partial charge in [0.1, 0.15) is 5.60 Å². The number of nitrogens with zero attached hydrogens (tertiary/aromatic N) is 2. The molecule has 0 aromatic carbocycles. The fourth-order valence-corrected chi connectivity index (χ4v) is 1.78. The predicted octanol–water partition coefficient (Wildman–Crippen LogP) is 1.40. The molecular formula is C11H21BN2O2. The first-order valence-electron chi connectivity index (χ1n) is 5.75. The summed E-state index contributed by atoms with van der Waals surface area (Å²) < 4.78 is 5.32. The summed E-state index contributed by atoms with van der Waals surface area (Å²) in [5.74, 6) is 0. The lowest BCUT2D eigenvalue weighted by molar-refractivity contribution is 0.0183. The molecule has 0 aromatic heterocycles. The highest BCUT2D eigenvalue weighted by Crippen LogP contribution is 2.17. The summed E-state index contributed by atoms with van der Waals surface area (Å²) in [7, 11) is 7.56. The molecule has 0 spiro atoms. The van der Waals surface area contributed by atoms with Crippen molar-refractivity contribution in [2.24, 2.45) is 0 Å². The first kappa shape index (κ1) is 13.4. The molecule has 90 valence electrons. The van der Waals surface area contributed by atoms with Crippen LogP contribution in [0.5, 0.6) is 0 Å². The van der Waals surface area contributed by atoms with Gasteiger partial charge in [-0.1, -0.05) is 0 Å². The molecule has 1 saturated heterocycles. The minimum Gasteiger partial charge on any atom is -0.444 e. The van der Waals surface area contributed by atoms with Crippen LogP contribution < -0.4 is 0 Å². The number of carbonyl (C=O) groups excluding carboxylic acids is 1.